The molecule has 0 aliphatic carbocycles. The Morgan fingerprint density at radius 1 is 1.50 bits per heavy atom. The number of aliphatic hydroxyl groups is 1. The number of methoxy groups -OCH3 is 1. The van der Waals surface area contributed by atoms with Gasteiger partial charge in [-0.1, -0.05) is 0 Å². The molecule has 0 aliphatic heterocycles. The van der Waals surface area contributed by atoms with Gasteiger partial charge in [-0.05, 0) is 13.0 Å². The van der Waals surface area contributed by atoms with Crippen LogP contribution >= 0.6 is 0 Å². The summed E-state index contributed by atoms with van der Waals surface area (Å²) in [5.41, 5.74) is 0.682. The van der Waals surface area contributed by atoms with E-state index >= 15 is 0 Å². The first-order valence-electron chi connectivity index (χ1n) is 5.32. The summed E-state index contributed by atoms with van der Waals surface area (Å²) in [4.78, 5) is 3.85. The molecule has 1 aromatic heterocycles. The highest BCUT2D eigenvalue weighted by Crippen LogP contribution is 2.24. The van der Waals surface area contributed by atoms with Crippen LogP contribution in [0, 0.1) is 0 Å². The van der Waals surface area contributed by atoms with E-state index in [0.29, 0.717) is 11.3 Å². The van der Waals surface area contributed by atoms with Crippen molar-refractivity contribution in [2.45, 2.75) is 25.2 Å². The summed E-state index contributed by atoms with van der Waals surface area (Å²) >= 11 is 0. The van der Waals surface area contributed by atoms with Gasteiger partial charge < -0.3 is 15.2 Å². The molecule has 0 bridgehead atoms. The van der Waals surface area contributed by atoms with Crippen molar-refractivity contribution in [3.63, 3.8) is 0 Å². The van der Waals surface area contributed by atoms with Crippen LogP contribution in [0.3, 0.4) is 0 Å². The number of halogens is 3. The Morgan fingerprint density at radius 2 is 2.17 bits per heavy atom. The van der Waals surface area contributed by atoms with E-state index in [1.165, 1.54) is 19.5 Å². The normalized spacial score (nSPS) is 15.2. The second-order valence-corrected chi connectivity index (χ2v) is 3.80. The quantitative estimate of drug-likeness (QED) is 0.849. The first-order chi connectivity index (χ1) is 8.36. The Kier molecular flexibility index (Phi) is 4.92. The van der Waals surface area contributed by atoms with Gasteiger partial charge in [-0.25, -0.2) is 0 Å². The third-order valence-electron chi connectivity index (χ3n) is 2.50. The predicted octanol–water partition coefficient (Wildman–Crippen LogP) is 1.66. The maximum atomic E-state index is 12.1. The summed E-state index contributed by atoms with van der Waals surface area (Å²) in [6.45, 7) is 1.11. The third kappa shape index (κ3) is 3.85. The number of nitrogens with zero attached hydrogens (tertiary/aromatic N) is 1. The topological polar surface area (TPSA) is 54.4 Å². The number of pyridine rings is 1. The smallest absolute Gasteiger partial charge is 0.415 e. The van der Waals surface area contributed by atoms with Crippen LogP contribution in [-0.2, 0) is 0 Å². The summed E-state index contributed by atoms with van der Waals surface area (Å²) in [5.74, 6) is 0.485. The summed E-state index contributed by atoms with van der Waals surface area (Å²) < 4.78 is 41.4. The van der Waals surface area contributed by atoms with Gasteiger partial charge in [0, 0.05) is 24.3 Å². The molecule has 0 saturated heterocycles. The van der Waals surface area contributed by atoms with Crippen molar-refractivity contribution < 1.29 is 23.0 Å². The van der Waals surface area contributed by atoms with E-state index in [-0.39, 0.29) is 6.04 Å². The molecule has 2 N–H and O–H groups in total. The van der Waals surface area contributed by atoms with Crippen molar-refractivity contribution in [2.24, 2.45) is 0 Å². The molecule has 0 fully saturated rings. The highest BCUT2D eigenvalue weighted by atomic mass is 19.4. The minimum absolute atomic E-state index is 0.389. The van der Waals surface area contributed by atoms with Gasteiger partial charge in [0.25, 0.3) is 0 Å². The highest BCUT2D eigenvalue weighted by Gasteiger charge is 2.38. The van der Waals surface area contributed by atoms with Crippen molar-refractivity contribution in [1.82, 2.24) is 10.3 Å². The maximum absolute atomic E-state index is 12.1. The van der Waals surface area contributed by atoms with Gasteiger partial charge in [-0.15, -0.1) is 0 Å². The maximum Gasteiger partial charge on any atom is 0.415 e. The second-order valence-electron chi connectivity index (χ2n) is 3.80. The fourth-order valence-corrected chi connectivity index (χ4v) is 1.43. The van der Waals surface area contributed by atoms with Crippen LogP contribution in [0.1, 0.15) is 18.5 Å². The molecule has 0 radical (unpaired) electrons. The second kappa shape index (κ2) is 6.01. The average molecular weight is 264 g/mol. The van der Waals surface area contributed by atoms with Crippen LogP contribution in [0.5, 0.6) is 5.75 Å². The molecule has 2 atom stereocenters. The Bertz CT molecular complexity index is 385. The van der Waals surface area contributed by atoms with E-state index < -0.39 is 18.8 Å². The molecule has 0 spiro atoms. The fourth-order valence-electron chi connectivity index (χ4n) is 1.43. The summed E-state index contributed by atoms with van der Waals surface area (Å²) in [6.07, 6.45) is -3.99. The third-order valence-corrected chi connectivity index (χ3v) is 2.50. The van der Waals surface area contributed by atoms with Crippen molar-refractivity contribution in [3.05, 3.63) is 24.0 Å². The molecule has 0 aromatic carbocycles. The van der Waals surface area contributed by atoms with Gasteiger partial charge in [-0.3, -0.25) is 4.98 Å². The Morgan fingerprint density at radius 3 is 2.72 bits per heavy atom. The molecule has 4 nitrogen and oxygen atoms in total. The first kappa shape index (κ1) is 14.7. The van der Waals surface area contributed by atoms with Gasteiger partial charge in [-0.2, -0.15) is 13.2 Å². The van der Waals surface area contributed by atoms with Gasteiger partial charge >= 0.3 is 6.18 Å². The summed E-state index contributed by atoms with van der Waals surface area (Å²) in [5, 5.41) is 11.5. The largest absolute Gasteiger partial charge is 0.495 e. The predicted molar refractivity (Wildman–Crippen MR) is 59.3 cm³/mol. The van der Waals surface area contributed by atoms with Gasteiger partial charge in [0.2, 0.25) is 0 Å². The minimum atomic E-state index is -4.62. The Hall–Kier alpha value is -1.34. The number of rotatable bonds is 5. The minimum Gasteiger partial charge on any atom is -0.495 e. The van der Waals surface area contributed by atoms with E-state index in [1.54, 1.807) is 13.0 Å². The molecule has 0 aliphatic rings. The molecule has 0 amide bonds. The van der Waals surface area contributed by atoms with E-state index in [9.17, 15) is 13.2 Å². The van der Waals surface area contributed by atoms with Crippen molar-refractivity contribution in [1.29, 1.82) is 0 Å². The van der Waals surface area contributed by atoms with Crippen molar-refractivity contribution in [3.8, 4) is 5.75 Å². The fraction of sp³-hybridized carbons (Fsp3) is 0.545. The van der Waals surface area contributed by atoms with E-state index in [0.717, 1.165) is 0 Å². The zero-order valence-corrected chi connectivity index (χ0v) is 10.0. The Balaban J connectivity index is 2.63. The lowest BCUT2D eigenvalue weighted by molar-refractivity contribution is -0.202. The van der Waals surface area contributed by atoms with Gasteiger partial charge in [0.1, 0.15) is 5.75 Å². The number of ether oxygens (including phenoxy) is 1. The zero-order chi connectivity index (χ0) is 13.8. The Labute approximate surface area is 103 Å². The van der Waals surface area contributed by atoms with Crippen LogP contribution in [0.2, 0.25) is 0 Å². The monoisotopic (exact) mass is 264 g/mol. The van der Waals surface area contributed by atoms with Crippen molar-refractivity contribution >= 4 is 0 Å². The number of hydrogen-bond donors (Lipinski definition) is 2. The van der Waals surface area contributed by atoms with Crippen LogP contribution in [0.25, 0.3) is 0 Å². The van der Waals surface area contributed by atoms with E-state index in [4.69, 9.17) is 9.84 Å². The number of alkyl halides is 3. The zero-order valence-electron chi connectivity index (χ0n) is 10.0. The number of nitrogens with one attached hydrogen (secondary N) is 1. The standard InChI is InChI=1S/C11H15F3N2O2/c1-7(16-6-10(17)11(12,13)14)8-3-4-15-5-9(8)18-2/h3-5,7,10,16-17H,6H2,1-2H3/t7-,10+/m0/s1. The number of hydrogen-bond acceptors (Lipinski definition) is 4. The summed E-state index contributed by atoms with van der Waals surface area (Å²) in [7, 11) is 1.46. The molecule has 18 heavy (non-hydrogen) atoms. The first-order valence-corrected chi connectivity index (χ1v) is 5.32. The van der Waals surface area contributed by atoms with Gasteiger partial charge in [0.15, 0.2) is 6.10 Å². The van der Waals surface area contributed by atoms with Crippen LogP contribution in [0.4, 0.5) is 13.2 Å². The molecular weight excluding hydrogens is 249 g/mol. The van der Waals surface area contributed by atoms with Gasteiger partial charge in [0.05, 0.1) is 13.3 Å². The lowest BCUT2D eigenvalue weighted by atomic mass is 10.1. The van der Waals surface area contributed by atoms with Crippen molar-refractivity contribution in [2.75, 3.05) is 13.7 Å². The molecule has 0 unspecified atom stereocenters. The number of aromatic nitrogens is 1. The lowest BCUT2D eigenvalue weighted by Gasteiger charge is -2.20. The number of aliphatic hydroxyl groups excluding tert-OH is 1. The molecule has 1 heterocycles. The van der Waals surface area contributed by atoms with Crippen LogP contribution in [-0.4, -0.2) is 36.0 Å². The molecule has 1 rings (SSSR count). The van der Waals surface area contributed by atoms with E-state index in [2.05, 4.69) is 10.3 Å². The summed E-state index contributed by atoms with van der Waals surface area (Å²) in [6, 6.07) is 1.26. The molecule has 102 valence electrons. The van der Waals surface area contributed by atoms with Crippen LogP contribution in [0.15, 0.2) is 18.5 Å². The molecule has 7 heteroatoms. The molecular formula is C11H15F3N2O2. The highest BCUT2D eigenvalue weighted by molar-refractivity contribution is 5.32. The SMILES string of the molecule is COc1cnccc1[C@H](C)NC[C@@H](O)C(F)(F)F. The molecule has 0 saturated carbocycles. The molecule has 1 aromatic rings. The van der Waals surface area contributed by atoms with Crippen LogP contribution < -0.4 is 10.1 Å². The lowest BCUT2D eigenvalue weighted by Crippen LogP contribution is -2.39. The van der Waals surface area contributed by atoms with E-state index in [1.807, 2.05) is 0 Å². The average Bonchev–Trinajstić information content (AvgIpc) is 2.34.